The fraction of sp³-hybridized carbons (Fsp3) is 0.500. The largest absolute Gasteiger partial charge is 0.254 e. The summed E-state index contributed by atoms with van der Waals surface area (Å²) >= 11 is 5.58. The van der Waals surface area contributed by atoms with Gasteiger partial charge in [0, 0.05) is 16.5 Å². The van der Waals surface area contributed by atoms with Crippen molar-refractivity contribution < 1.29 is 4.21 Å². The number of unbranched alkanes of at least 4 members (excludes halogenated alkanes) is 1. The van der Waals surface area contributed by atoms with E-state index in [1.165, 1.54) is 11.1 Å². The smallest absolute Gasteiger partial charge is 0.0529 e. The maximum Gasteiger partial charge on any atom is 0.0529 e. The third-order valence-electron chi connectivity index (χ3n) is 2.45. The fourth-order valence-corrected chi connectivity index (χ4v) is 2.72. The number of hydrogen-bond donors (Lipinski definition) is 0. The molecule has 0 N–H and O–H groups in total. The van der Waals surface area contributed by atoms with Crippen LogP contribution in [0.25, 0.3) is 0 Å². The van der Waals surface area contributed by atoms with Crippen LogP contribution in [0.1, 0.15) is 24.0 Å². The minimum Gasteiger partial charge on any atom is -0.254 e. The summed E-state index contributed by atoms with van der Waals surface area (Å²) < 4.78 is 11.9. The second kappa shape index (κ2) is 6.29. The first-order chi connectivity index (χ1) is 7.15. The zero-order valence-corrected chi connectivity index (χ0v) is 10.8. The number of rotatable bonds is 5. The van der Waals surface area contributed by atoms with Crippen molar-refractivity contribution in [3.8, 4) is 0 Å². The SMILES string of the molecule is Cc1ccc(S(=O)CCCCCl)cc1C. The Balaban J connectivity index is 2.62. The minimum absolute atomic E-state index is 0.657. The molecule has 0 radical (unpaired) electrons. The molecule has 1 atom stereocenters. The van der Waals surface area contributed by atoms with E-state index in [9.17, 15) is 4.21 Å². The highest BCUT2D eigenvalue weighted by Gasteiger charge is 2.04. The molecule has 0 fully saturated rings. The number of benzene rings is 1. The lowest BCUT2D eigenvalue weighted by Crippen LogP contribution is -1.99. The molecule has 0 aromatic heterocycles. The first kappa shape index (κ1) is 12.7. The Hall–Kier alpha value is -0.340. The molecule has 0 spiro atoms. The van der Waals surface area contributed by atoms with E-state index in [2.05, 4.69) is 13.8 Å². The number of halogens is 1. The zero-order valence-electron chi connectivity index (χ0n) is 9.25. The van der Waals surface area contributed by atoms with E-state index >= 15 is 0 Å². The quantitative estimate of drug-likeness (QED) is 0.573. The van der Waals surface area contributed by atoms with Gasteiger partial charge in [-0.05, 0) is 49.9 Å². The number of alkyl halides is 1. The maximum absolute atomic E-state index is 11.9. The van der Waals surface area contributed by atoms with Gasteiger partial charge >= 0.3 is 0 Å². The normalized spacial score (nSPS) is 12.7. The molecule has 1 aromatic carbocycles. The highest BCUT2D eigenvalue weighted by Crippen LogP contribution is 2.14. The van der Waals surface area contributed by atoms with Crippen LogP contribution in [0, 0.1) is 13.8 Å². The Labute approximate surface area is 99.3 Å². The van der Waals surface area contributed by atoms with Gasteiger partial charge in [-0.2, -0.15) is 0 Å². The van der Waals surface area contributed by atoms with Gasteiger partial charge in [0.1, 0.15) is 0 Å². The van der Waals surface area contributed by atoms with Crippen LogP contribution < -0.4 is 0 Å². The first-order valence-corrected chi connectivity index (χ1v) is 7.02. The van der Waals surface area contributed by atoms with Crippen LogP contribution in [0.2, 0.25) is 0 Å². The zero-order chi connectivity index (χ0) is 11.3. The average Bonchev–Trinajstić information content (AvgIpc) is 2.22. The Bertz CT molecular complexity index is 349. The molecule has 0 saturated carbocycles. The Morgan fingerprint density at radius 1 is 1.20 bits per heavy atom. The molecule has 15 heavy (non-hydrogen) atoms. The van der Waals surface area contributed by atoms with Crippen molar-refractivity contribution in [2.24, 2.45) is 0 Å². The summed E-state index contributed by atoms with van der Waals surface area (Å²) in [4.78, 5) is 0.938. The molecule has 0 aliphatic heterocycles. The van der Waals surface area contributed by atoms with Crippen molar-refractivity contribution in [1.29, 1.82) is 0 Å². The molecule has 3 heteroatoms. The van der Waals surface area contributed by atoms with E-state index in [0.717, 1.165) is 23.5 Å². The van der Waals surface area contributed by atoms with Crippen molar-refractivity contribution in [3.05, 3.63) is 29.3 Å². The topological polar surface area (TPSA) is 17.1 Å². The fourth-order valence-electron chi connectivity index (χ4n) is 1.30. The monoisotopic (exact) mass is 244 g/mol. The minimum atomic E-state index is -0.862. The van der Waals surface area contributed by atoms with Crippen molar-refractivity contribution in [2.75, 3.05) is 11.6 Å². The average molecular weight is 245 g/mol. The third kappa shape index (κ3) is 3.96. The van der Waals surface area contributed by atoms with Crippen LogP contribution in [-0.4, -0.2) is 15.8 Å². The van der Waals surface area contributed by atoms with Crippen molar-refractivity contribution in [3.63, 3.8) is 0 Å². The van der Waals surface area contributed by atoms with Gasteiger partial charge < -0.3 is 0 Å². The maximum atomic E-state index is 11.9. The van der Waals surface area contributed by atoms with Gasteiger partial charge in [-0.25, -0.2) is 0 Å². The van der Waals surface area contributed by atoms with Crippen molar-refractivity contribution >= 4 is 22.4 Å². The molecule has 1 aromatic rings. The standard InChI is InChI=1S/C12H17ClOS/c1-10-5-6-12(9-11(10)2)15(14)8-4-3-7-13/h5-6,9H,3-4,7-8H2,1-2H3. The Morgan fingerprint density at radius 2 is 1.93 bits per heavy atom. The molecule has 0 saturated heterocycles. The molecule has 1 nitrogen and oxygen atoms in total. The third-order valence-corrected chi connectivity index (χ3v) is 4.16. The highest BCUT2D eigenvalue weighted by molar-refractivity contribution is 7.85. The van der Waals surface area contributed by atoms with Crippen LogP contribution in [0.3, 0.4) is 0 Å². The van der Waals surface area contributed by atoms with Gasteiger partial charge in [-0.15, -0.1) is 11.6 Å². The summed E-state index contributed by atoms with van der Waals surface area (Å²) in [7, 11) is -0.862. The molecular weight excluding hydrogens is 228 g/mol. The molecule has 0 bridgehead atoms. The van der Waals surface area contributed by atoms with E-state index in [1.807, 2.05) is 18.2 Å². The Morgan fingerprint density at radius 3 is 2.53 bits per heavy atom. The lowest BCUT2D eigenvalue weighted by molar-refractivity contribution is 0.679. The van der Waals surface area contributed by atoms with Crippen LogP contribution in [0.15, 0.2) is 23.1 Å². The molecule has 84 valence electrons. The molecule has 1 rings (SSSR count). The van der Waals surface area contributed by atoms with Gasteiger partial charge in [0.15, 0.2) is 0 Å². The predicted molar refractivity (Wildman–Crippen MR) is 67.1 cm³/mol. The van der Waals surface area contributed by atoms with Gasteiger partial charge in [0.2, 0.25) is 0 Å². The van der Waals surface area contributed by atoms with Gasteiger partial charge in [-0.1, -0.05) is 6.07 Å². The number of aryl methyl sites for hydroxylation is 2. The molecule has 0 aliphatic rings. The molecule has 0 heterocycles. The van der Waals surface area contributed by atoms with Crippen molar-refractivity contribution in [2.45, 2.75) is 31.6 Å². The highest BCUT2D eigenvalue weighted by atomic mass is 35.5. The van der Waals surface area contributed by atoms with E-state index in [1.54, 1.807) is 0 Å². The molecule has 0 amide bonds. The second-order valence-electron chi connectivity index (χ2n) is 3.69. The second-order valence-corrected chi connectivity index (χ2v) is 5.64. The lowest BCUT2D eigenvalue weighted by atomic mass is 10.1. The van der Waals surface area contributed by atoms with Crippen LogP contribution >= 0.6 is 11.6 Å². The van der Waals surface area contributed by atoms with Crippen molar-refractivity contribution in [1.82, 2.24) is 0 Å². The summed E-state index contributed by atoms with van der Waals surface area (Å²) in [5, 5.41) is 0. The van der Waals surface area contributed by atoms with E-state index in [0.29, 0.717) is 5.88 Å². The van der Waals surface area contributed by atoms with E-state index in [4.69, 9.17) is 11.6 Å². The van der Waals surface area contributed by atoms with E-state index in [-0.39, 0.29) is 0 Å². The molecule has 0 aliphatic carbocycles. The predicted octanol–water partition coefficient (Wildman–Crippen LogP) is 3.43. The van der Waals surface area contributed by atoms with Crippen LogP contribution in [-0.2, 0) is 10.8 Å². The van der Waals surface area contributed by atoms with Crippen LogP contribution in [0.5, 0.6) is 0 Å². The molecule has 1 unspecified atom stereocenters. The molecular formula is C12H17ClOS. The van der Waals surface area contributed by atoms with Gasteiger partial charge in [-0.3, -0.25) is 4.21 Å². The summed E-state index contributed by atoms with van der Waals surface area (Å²) in [6.45, 7) is 4.12. The summed E-state index contributed by atoms with van der Waals surface area (Å²) in [5.41, 5.74) is 2.45. The first-order valence-electron chi connectivity index (χ1n) is 5.16. The lowest BCUT2D eigenvalue weighted by Gasteiger charge is -2.05. The van der Waals surface area contributed by atoms with Crippen LogP contribution in [0.4, 0.5) is 0 Å². The number of hydrogen-bond acceptors (Lipinski definition) is 1. The van der Waals surface area contributed by atoms with Gasteiger partial charge in [0.05, 0.1) is 10.8 Å². The van der Waals surface area contributed by atoms with Gasteiger partial charge in [0.25, 0.3) is 0 Å². The Kier molecular flexibility index (Phi) is 5.34. The summed E-state index contributed by atoms with van der Waals surface area (Å²) in [5.74, 6) is 1.37. The summed E-state index contributed by atoms with van der Waals surface area (Å²) in [6, 6.07) is 6.01. The summed E-state index contributed by atoms with van der Waals surface area (Å²) in [6.07, 6.45) is 1.88. The van der Waals surface area contributed by atoms with E-state index < -0.39 is 10.8 Å².